The van der Waals surface area contributed by atoms with Crippen molar-refractivity contribution in [2.75, 3.05) is 19.5 Å². The number of halogens is 1. The minimum atomic E-state index is -0.361. The lowest BCUT2D eigenvalue weighted by Gasteiger charge is -2.27. The number of thioether (sulfide) groups is 1. The average Bonchev–Trinajstić information content (AvgIpc) is 2.77. The van der Waals surface area contributed by atoms with Gasteiger partial charge in [-0.1, -0.05) is 12.1 Å². The molecule has 3 N–H and O–H groups in total. The van der Waals surface area contributed by atoms with Crippen LogP contribution in [0, 0.1) is 18.4 Å². The van der Waals surface area contributed by atoms with Crippen molar-refractivity contribution in [3.05, 3.63) is 62.0 Å². The van der Waals surface area contributed by atoms with E-state index in [1.165, 1.54) is 11.1 Å². The summed E-state index contributed by atoms with van der Waals surface area (Å²) in [6.07, 6.45) is 6.89. The van der Waals surface area contributed by atoms with Gasteiger partial charge in [0, 0.05) is 29.9 Å². The van der Waals surface area contributed by atoms with Gasteiger partial charge in [-0.25, -0.2) is 0 Å². The number of benzene rings is 1. The first-order valence-electron chi connectivity index (χ1n) is 9.42. The van der Waals surface area contributed by atoms with Crippen LogP contribution in [0.5, 0.6) is 0 Å². The molecule has 0 bridgehead atoms. The highest BCUT2D eigenvalue weighted by molar-refractivity contribution is 9.10. The molecule has 1 aliphatic heterocycles. The molecule has 1 saturated heterocycles. The third kappa shape index (κ3) is 6.11. The molecular formula is C21H25BrN4O3S. The highest BCUT2D eigenvalue weighted by atomic mass is 79.9. The Morgan fingerprint density at radius 2 is 2.10 bits per heavy atom. The number of ether oxygens (including phenoxy) is 1. The molecule has 30 heavy (non-hydrogen) atoms. The molecule has 2 aromatic rings. The molecule has 1 aliphatic rings. The molecule has 1 fully saturated rings. The molecule has 0 saturated carbocycles. The molecule has 7 nitrogen and oxygen atoms in total. The van der Waals surface area contributed by atoms with E-state index in [2.05, 4.69) is 27.0 Å². The van der Waals surface area contributed by atoms with E-state index in [0.717, 1.165) is 30.7 Å². The van der Waals surface area contributed by atoms with E-state index in [9.17, 15) is 9.59 Å². The van der Waals surface area contributed by atoms with Gasteiger partial charge in [-0.3, -0.25) is 9.59 Å². The molecule has 9 heteroatoms. The summed E-state index contributed by atoms with van der Waals surface area (Å²) in [5.74, 6) is -0.361. The third-order valence-corrected chi connectivity index (χ3v) is 6.48. The predicted molar refractivity (Wildman–Crippen MR) is 121 cm³/mol. The van der Waals surface area contributed by atoms with Crippen LogP contribution in [0.2, 0.25) is 0 Å². The largest absolute Gasteiger partial charge is 0.379 e. The third-order valence-electron chi connectivity index (χ3n) is 4.80. The van der Waals surface area contributed by atoms with E-state index in [1.54, 1.807) is 18.0 Å². The van der Waals surface area contributed by atoms with E-state index >= 15 is 0 Å². The van der Waals surface area contributed by atoms with Gasteiger partial charge in [0.1, 0.15) is 5.56 Å². The normalized spacial score (nSPS) is 15.5. The van der Waals surface area contributed by atoms with Crippen molar-refractivity contribution in [1.29, 1.82) is 5.26 Å². The number of nitrogens with two attached hydrogens (primary N) is 1. The minimum Gasteiger partial charge on any atom is -0.379 e. The summed E-state index contributed by atoms with van der Waals surface area (Å²) in [5, 5.41) is 9.96. The van der Waals surface area contributed by atoms with Gasteiger partial charge in [0.25, 0.3) is 5.91 Å². The molecule has 1 aromatic heterocycles. The zero-order chi connectivity index (χ0) is 22.1. The van der Waals surface area contributed by atoms with Gasteiger partial charge in [-0.2, -0.15) is 5.26 Å². The zero-order valence-electron chi connectivity index (χ0n) is 17.0. The van der Waals surface area contributed by atoms with Crippen LogP contribution in [-0.2, 0) is 11.3 Å². The number of hydrogen-bond acceptors (Lipinski definition) is 6. The second-order valence-electron chi connectivity index (χ2n) is 6.71. The van der Waals surface area contributed by atoms with E-state index in [4.69, 9.17) is 10.00 Å². The van der Waals surface area contributed by atoms with E-state index in [0.29, 0.717) is 17.6 Å². The van der Waals surface area contributed by atoms with Crippen molar-refractivity contribution < 1.29 is 9.53 Å². The molecule has 2 heterocycles. The Morgan fingerprint density at radius 3 is 2.67 bits per heavy atom. The van der Waals surface area contributed by atoms with Crippen LogP contribution in [0.1, 0.15) is 40.5 Å². The summed E-state index contributed by atoms with van der Waals surface area (Å²) in [6.45, 7) is 3.62. The molecule has 0 spiro atoms. The van der Waals surface area contributed by atoms with Gasteiger partial charge in [0.05, 0.1) is 17.1 Å². The molecule has 0 radical (unpaired) electrons. The number of carbonyl (C=O) groups is 1. The van der Waals surface area contributed by atoms with Crippen LogP contribution in [0.3, 0.4) is 0 Å². The van der Waals surface area contributed by atoms with Crippen molar-refractivity contribution in [2.45, 2.75) is 37.2 Å². The van der Waals surface area contributed by atoms with E-state index in [1.807, 2.05) is 42.0 Å². The Bertz CT molecular complexity index is 964. The van der Waals surface area contributed by atoms with E-state index in [-0.39, 0.29) is 22.9 Å². The summed E-state index contributed by atoms with van der Waals surface area (Å²) >= 11 is 5.04. The Labute approximate surface area is 188 Å². The van der Waals surface area contributed by atoms with Gasteiger partial charge in [-0.15, -0.1) is 11.8 Å². The lowest BCUT2D eigenvalue weighted by atomic mass is 10.1. The highest BCUT2D eigenvalue weighted by Gasteiger charge is 2.22. The molecule has 0 aliphatic carbocycles. The molecule has 160 valence electrons. The molecule has 1 amide bonds. The van der Waals surface area contributed by atoms with Crippen molar-refractivity contribution >= 4 is 33.6 Å². The Morgan fingerprint density at radius 1 is 1.43 bits per heavy atom. The average molecular weight is 493 g/mol. The topological polar surface area (TPSA) is 110 Å². The SMILES string of the molecule is CSc1ccc(CNC(=O)c2cn(C3CCCOC3)c(C)c(Br)c2=O)cc1.N#CN. The van der Waals surface area contributed by atoms with Gasteiger partial charge < -0.3 is 20.4 Å². The van der Waals surface area contributed by atoms with Crippen LogP contribution in [0.15, 0.2) is 44.6 Å². The first-order valence-corrected chi connectivity index (χ1v) is 11.4. The van der Waals surface area contributed by atoms with Crippen LogP contribution in [0.4, 0.5) is 0 Å². The number of carbonyl (C=O) groups excluding carboxylic acids is 1. The van der Waals surface area contributed by atoms with Crippen molar-refractivity contribution in [1.82, 2.24) is 9.88 Å². The van der Waals surface area contributed by atoms with Gasteiger partial charge in [0.2, 0.25) is 5.43 Å². The smallest absolute Gasteiger partial charge is 0.257 e. The Hall–Kier alpha value is -2.28. The van der Waals surface area contributed by atoms with Gasteiger partial charge >= 0.3 is 0 Å². The van der Waals surface area contributed by atoms with Gasteiger partial charge in [-0.05, 0) is 59.6 Å². The number of hydrogen-bond donors (Lipinski definition) is 2. The highest BCUT2D eigenvalue weighted by Crippen LogP contribution is 2.24. The lowest BCUT2D eigenvalue weighted by molar-refractivity contribution is 0.0581. The van der Waals surface area contributed by atoms with Crippen molar-refractivity contribution in [3.8, 4) is 6.19 Å². The summed E-state index contributed by atoms with van der Waals surface area (Å²) in [4.78, 5) is 26.5. The fourth-order valence-electron chi connectivity index (χ4n) is 3.20. The van der Waals surface area contributed by atoms with Crippen molar-refractivity contribution in [2.24, 2.45) is 5.73 Å². The summed E-state index contributed by atoms with van der Waals surface area (Å²) in [6, 6.07) is 8.14. The van der Waals surface area contributed by atoms with Crippen LogP contribution in [-0.4, -0.2) is 29.9 Å². The fraction of sp³-hybridized carbons (Fsp3) is 0.381. The Kier molecular flexibility index (Phi) is 9.43. The number of amides is 1. The number of rotatable bonds is 5. The first-order chi connectivity index (χ1) is 14.4. The van der Waals surface area contributed by atoms with Crippen LogP contribution >= 0.6 is 27.7 Å². The molecule has 1 unspecified atom stereocenters. The number of nitrogens with one attached hydrogen (secondary N) is 1. The number of aromatic nitrogens is 1. The van der Waals surface area contributed by atoms with Gasteiger partial charge in [0.15, 0.2) is 6.19 Å². The zero-order valence-corrected chi connectivity index (χ0v) is 19.4. The summed E-state index contributed by atoms with van der Waals surface area (Å²) in [7, 11) is 0. The molecule has 3 rings (SSSR count). The molecular weight excluding hydrogens is 468 g/mol. The quantitative estimate of drug-likeness (QED) is 0.376. The maximum absolute atomic E-state index is 12.7. The van der Waals surface area contributed by atoms with E-state index < -0.39 is 0 Å². The fourth-order valence-corrected chi connectivity index (χ4v) is 4.02. The van der Waals surface area contributed by atoms with Crippen molar-refractivity contribution in [3.63, 3.8) is 0 Å². The minimum absolute atomic E-state index is 0.140. The Balaban J connectivity index is 0.00000101. The lowest BCUT2D eigenvalue weighted by Crippen LogP contribution is -2.32. The first kappa shape index (κ1) is 24.0. The predicted octanol–water partition coefficient (Wildman–Crippen LogP) is 3.35. The molecule has 1 aromatic carbocycles. The maximum atomic E-state index is 12.7. The summed E-state index contributed by atoms with van der Waals surface area (Å²) < 4.78 is 8.00. The molecule has 1 atom stereocenters. The second kappa shape index (κ2) is 11.8. The summed E-state index contributed by atoms with van der Waals surface area (Å²) in [5.41, 5.74) is 5.84. The standard InChI is InChI=1S/C20H23BrN2O3S.CH2N2/c1-13-18(21)19(24)17(11-23(13)15-4-3-9-26-12-15)20(25)22-10-14-5-7-16(27-2)8-6-14;2-1-3/h5-8,11,15H,3-4,9-10,12H2,1-2H3,(H,22,25);2H2. The van der Waals surface area contributed by atoms with Crippen LogP contribution < -0.4 is 16.5 Å². The number of nitrogens with zero attached hydrogens (tertiary/aromatic N) is 2. The van der Waals surface area contributed by atoms with Crippen LogP contribution in [0.25, 0.3) is 0 Å². The second-order valence-corrected chi connectivity index (χ2v) is 8.38. The number of pyridine rings is 1. The number of nitriles is 1. The maximum Gasteiger partial charge on any atom is 0.257 e. The monoisotopic (exact) mass is 492 g/mol.